The number of benzene rings is 1. The maximum absolute atomic E-state index is 12.5. The van der Waals surface area contributed by atoms with Gasteiger partial charge in [-0.15, -0.1) is 0 Å². The summed E-state index contributed by atoms with van der Waals surface area (Å²) in [6.07, 6.45) is -1.15. The second-order valence-electron chi connectivity index (χ2n) is 2.79. The zero-order valence-electron chi connectivity index (χ0n) is 7.40. The minimum Gasteiger partial charge on any atom is -0.465 e. The molecule has 1 rings (SSSR count). The standard InChI is InChI=1S/C9H11FN2O2/c10-7-3-1-6(2-4-7)8(5-11)12-9(13)14/h1-4,8,12H,5,11H2,(H,13,14). The van der Waals surface area contributed by atoms with E-state index in [1.54, 1.807) is 0 Å². The Kier molecular flexibility index (Phi) is 3.41. The van der Waals surface area contributed by atoms with Crippen molar-refractivity contribution < 1.29 is 14.3 Å². The van der Waals surface area contributed by atoms with Crippen molar-refractivity contribution in [2.75, 3.05) is 6.54 Å². The molecule has 0 fully saturated rings. The average molecular weight is 198 g/mol. The van der Waals surface area contributed by atoms with Gasteiger partial charge in [0.2, 0.25) is 0 Å². The molecule has 0 radical (unpaired) electrons. The Morgan fingerprint density at radius 1 is 1.50 bits per heavy atom. The van der Waals surface area contributed by atoms with Gasteiger partial charge >= 0.3 is 6.09 Å². The van der Waals surface area contributed by atoms with Crippen LogP contribution in [0.15, 0.2) is 24.3 Å². The van der Waals surface area contributed by atoms with Gasteiger partial charge in [0.1, 0.15) is 5.82 Å². The van der Waals surface area contributed by atoms with E-state index < -0.39 is 12.1 Å². The first-order chi connectivity index (χ1) is 6.63. The van der Waals surface area contributed by atoms with Gasteiger partial charge in [-0.1, -0.05) is 12.1 Å². The molecule has 0 bridgehead atoms. The number of nitrogens with two attached hydrogens (primary N) is 1. The van der Waals surface area contributed by atoms with Crippen molar-refractivity contribution in [3.05, 3.63) is 35.6 Å². The Hall–Kier alpha value is -1.62. The third kappa shape index (κ3) is 2.70. The lowest BCUT2D eigenvalue weighted by Gasteiger charge is -2.14. The molecule has 1 amide bonds. The van der Waals surface area contributed by atoms with E-state index in [0.717, 1.165) is 0 Å². The number of nitrogens with one attached hydrogen (secondary N) is 1. The van der Waals surface area contributed by atoms with E-state index in [1.807, 2.05) is 0 Å². The SMILES string of the molecule is NCC(NC(=O)O)c1ccc(F)cc1. The summed E-state index contributed by atoms with van der Waals surface area (Å²) in [6.45, 7) is 0.137. The molecule has 4 N–H and O–H groups in total. The summed E-state index contributed by atoms with van der Waals surface area (Å²) in [7, 11) is 0. The van der Waals surface area contributed by atoms with Gasteiger partial charge in [0.15, 0.2) is 0 Å². The molecule has 0 saturated heterocycles. The number of carboxylic acid groups (broad SMARTS) is 1. The summed E-state index contributed by atoms with van der Waals surface area (Å²) >= 11 is 0. The molecule has 4 nitrogen and oxygen atoms in total. The lowest BCUT2D eigenvalue weighted by Crippen LogP contribution is -2.32. The fourth-order valence-corrected chi connectivity index (χ4v) is 1.12. The maximum Gasteiger partial charge on any atom is 0.405 e. The van der Waals surface area contributed by atoms with Crippen molar-refractivity contribution >= 4 is 6.09 Å². The van der Waals surface area contributed by atoms with E-state index >= 15 is 0 Å². The topological polar surface area (TPSA) is 75.3 Å². The summed E-state index contributed by atoms with van der Waals surface area (Å²) in [5.74, 6) is -0.361. The molecule has 14 heavy (non-hydrogen) atoms. The minimum absolute atomic E-state index is 0.137. The minimum atomic E-state index is -1.15. The monoisotopic (exact) mass is 198 g/mol. The fourth-order valence-electron chi connectivity index (χ4n) is 1.12. The molecule has 1 atom stereocenters. The molecule has 1 aromatic carbocycles. The van der Waals surface area contributed by atoms with Crippen molar-refractivity contribution in [1.82, 2.24) is 5.32 Å². The van der Waals surface area contributed by atoms with Crippen LogP contribution in [-0.2, 0) is 0 Å². The van der Waals surface area contributed by atoms with Gasteiger partial charge in [0.05, 0.1) is 6.04 Å². The molecule has 1 aromatic rings. The zero-order chi connectivity index (χ0) is 10.6. The molecule has 0 aliphatic heterocycles. The summed E-state index contributed by atoms with van der Waals surface area (Å²) < 4.78 is 12.5. The van der Waals surface area contributed by atoms with Crippen LogP contribution in [0.1, 0.15) is 11.6 Å². The molecule has 0 heterocycles. The Morgan fingerprint density at radius 3 is 2.50 bits per heavy atom. The summed E-state index contributed by atoms with van der Waals surface area (Å²) in [4.78, 5) is 10.4. The Balaban J connectivity index is 2.78. The van der Waals surface area contributed by atoms with E-state index in [4.69, 9.17) is 10.8 Å². The van der Waals surface area contributed by atoms with Crippen LogP contribution in [0.4, 0.5) is 9.18 Å². The van der Waals surface area contributed by atoms with Gasteiger partial charge in [-0.25, -0.2) is 9.18 Å². The normalized spacial score (nSPS) is 12.1. The van der Waals surface area contributed by atoms with E-state index in [9.17, 15) is 9.18 Å². The Labute approximate surface area is 80.5 Å². The van der Waals surface area contributed by atoms with Crippen LogP contribution in [0.2, 0.25) is 0 Å². The van der Waals surface area contributed by atoms with E-state index in [2.05, 4.69) is 5.32 Å². The molecule has 1 unspecified atom stereocenters. The average Bonchev–Trinajstić information content (AvgIpc) is 2.15. The third-order valence-corrected chi connectivity index (χ3v) is 1.81. The predicted octanol–water partition coefficient (Wildman–Crippen LogP) is 1.09. The molecular weight excluding hydrogens is 187 g/mol. The van der Waals surface area contributed by atoms with Gasteiger partial charge in [-0.3, -0.25) is 0 Å². The van der Waals surface area contributed by atoms with Crippen LogP contribution in [-0.4, -0.2) is 17.7 Å². The van der Waals surface area contributed by atoms with Crippen LogP contribution >= 0.6 is 0 Å². The number of rotatable bonds is 3. The lowest BCUT2D eigenvalue weighted by atomic mass is 10.1. The van der Waals surface area contributed by atoms with Crippen molar-refractivity contribution in [3.8, 4) is 0 Å². The second kappa shape index (κ2) is 4.57. The van der Waals surface area contributed by atoms with Crippen LogP contribution in [0.3, 0.4) is 0 Å². The Bertz CT molecular complexity index is 313. The Morgan fingerprint density at radius 2 is 2.07 bits per heavy atom. The van der Waals surface area contributed by atoms with E-state index in [1.165, 1.54) is 24.3 Å². The van der Waals surface area contributed by atoms with Crippen LogP contribution in [0, 0.1) is 5.82 Å². The van der Waals surface area contributed by atoms with Gasteiger partial charge in [-0.2, -0.15) is 0 Å². The van der Waals surface area contributed by atoms with E-state index in [0.29, 0.717) is 5.56 Å². The predicted molar refractivity (Wildman–Crippen MR) is 49.4 cm³/mol. The molecule has 5 heteroatoms. The van der Waals surface area contributed by atoms with Gasteiger partial charge < -0.3 is 16.2 Å². The fraction of sp³-hybridized carbons (Fsp3) is 0.222. The molecule has 0 aliphatic rings. The number of hydrogen-bond donors (Lipinski definition) is 3. The quantitative estimate of drug-likeness (QED) is 0.680. The molecule has 76 valence electrons. The van der Waals surface area contributed by atoms with Crippen molar-refractivity contribution in [2.45, 2.75) is 6.04 Å². The van der Waals surface area contributed by atoms with Gasteiger partial charge in [0, 0.05) is 6.54 Å². The number of hydrogen-bond acceptors (Lipinski definition) is 2. The molecule has 0 saturated carbocycles. The lowest BCUT2D eigenvalue weighted by molar-refractivity contribution is 0.190. The van der Waals surface area contributed by atoms with Crippen LogP contribution in [0.25, 0.3) is 0 Å². The number of amides is 1. The van der Waals surface area contributed by atoms with Crippen LogP contribution in [0.5, 0.6) is 0 Å². The highest BCUT2D eigenvalue weighted by Gasteiger charge is 2.11. The molecule has 0 aliphatic carbocycles. The van der Waals surface area contributed by atoms with Crippen molar-refractivity contribution in [3.63, 3.8) is 0 Å². The molecule has 0 aromatic heterocycles. The maximum atomic E-state index is 12.5. The summed E-state index contributed by atoms with van der Waals surface area (Å²) in [5.41, 5.74) is 6.02. The highest BCUT2D eigenvalue weighted by atomic mass is 19.1. The van der Waals surface area contributed by atoms with Gasteiger partial charge in [-0.05, 0) is 17.7 Å². The van der Waals surface area contributed by atoms with Crippen LogP contribution < -0.4 is 11.1 Å². The number of halogens is 1. The van der Waals surface area contributed by atoms with E-state index in [-0.39, 0.29) is 12.4 Å². The zero-order valence-corrected chi connectivity index (χ0v) is 7.40. The second-order valence-corrected chi connectivity index (χ2v) is 2.79. The largest absolute Gasteiger partial charge is 0.465 e. The van der Waals surface area contributed by atoms with Gasteiger partial charge in [0.25, 0.3) is 0 Å². The summed E-state index contributed by atoms with van der Waals surface area (Å²) in [5, 5.41) is 10.7. The molecular formula is C9H11FN2O2. The first kappa shape index (κ1) is 10.5. The third-order valence-electron chi connectivity index (χ3n) is 1.81. The van der Waals surface area contributed by atoms with Crippen molar-refractivity contribution in [2.24, 2.45) is 5.73 Å². The first-order valence-corrected chi connectivity index (χ1v) is 4.08. The smallest absolute Gasteiger partial charge is 0.405 e. The van der Waals surface area contributed by atoms with Crippen molar-refractivity contribution in [1.29, 1.82) is 0 Å². The molecule has 0 spiro atoms. The summed E-state index contributed by atoms with van der Waals surface area (Å²) in [6, 6.07) is 5.04. The highest BCUT2D eigenvalue weighted by Crippen LogP contribution is 2.11. The first-order valence-electron chi connectivity index (χ1n) is 4.08. The number of carbonyl (C=O) groups is 1. The highest BCUT2D eigenvalue weighted by molar-refractivity contribution is 5.65.